The summed E-state index contributed by atoms with van der Waals surface area (Å²) in [6.45, 7) is 8.00. The van der Waals surface area contributed by atoms with Crippen LogP contribution in [0.1, 0.15) is 33.6 Å². The highest BCUT2D eigenvalue weighted by Crippen LogP contribution is 2.24. The highest BCUT2D eigenvalue weighted by molar-refractivity contribution is 9.09. The van der Waals surface area contributed by atoms with Crippen molar-refractivity contribution in [2.24, 2.45) is 0 Å². The molecule has 1 amide bonds. The second-order valence-corrected chi connectivity index (χ2v) is 7.56. The van der Waals surface area contributed by atoms with Crippen LogP contribution in [0.25, 0.3) is 0 Å². The fourth-order valence-corrected chi connectivity index (χ4v) is 2.69. The summed E-state index contributed by atoms with van der Waals surface area (Å²) in [4.78, 5) is 13.8. The van der Waals surface area contributed by atoms with Gasteiger partial charge in [-0.2, -0.15) is 0 Å². The third-order valence-electron chi connectivity index (χ3n) is 3.14. The van der Waals surface area contributed by atoms with Gasteiger partial charge in [-0.3, -0.25) is 0 Å². The molecule has 0 spiro atoms. The number of hydrogen-bond donors (Lipinski definition) is 0. The molecule has 2 aliphatic rings. The summed E-state index contributed by atoms with van der Waals surface area (Å²) < 4.78 is 16.7. The monoisotopic (exact) mass is 349 g/mol. The van der Waals surface area contributed by atoms with Crippen LogP contribution >= 0.6 is 15.9 Å². The number of hydrogen-bond acceptors (Lipinski definition) is 4. The first-order chi connectivity index (χ1) is 9.35. The molecule has 0 radical (unpaired) electrons. The SMILES string of the molecule is CC(C)(C)OC(=O)N1CC(Br)C(OCCOC2CC2)C1. The van der Waals surface area contributed by atoms with Crippen LogP contribution in [0, 0.1) is 0 Å². The van der Waals surface area contributed by atoms with Gasteiger partial charge in [-0.05, 0) is 33.6 Å². The number of alkyl halides is 1. The molecule has 5 nitrogen and oxygen atoms in total. The lowest BCUT2D eigenvalue weighted by Crippen LogP contribution is -2.36. The number of nitrogens with zero attached hydrogens (tertiary/aromatic N) is 1. The van der Waals surface area contributed by atoms with Crippen molar-refractivity contribution in [1.82, 2.24) is 4.90 Å². The molecule has 0 bridgehead atoms. The van der Waals surface area contributed by atoms with E-state index in [0.717, 1.165) is 0 Å². The van der Waals surface area contributed by atoms with Crippen LogP contribution in [0.3, 0.4) is 0 Å². The number of rotatable bonds is 5. The van der Waals surface area contributed by atoms with Crippen molar-refractivity contribution in [2.45, 2.75) is 56.2 Å². The van der Waals surface area contributed by atoms with Gasteiger partial charge in [0.05, 0.1) is 36.8 Å². The molecule has 0 aromatic carbocycles. The molecule has 2 rings (SSSR count). The molecule has 0 N–H and O–H groups in total. The summed E-state index contributed by atoms with van der Waals surface area (Å²) in [6.07, 6.45) is 2.54. The summed E-state index contributed by atoms with van der Waals surface area (Å²) in [6, 6.07) is 0. The average molecular weight is 350 g/mol. The number of ether oxygens (including phenoxy) is 3. The van der Waals surface area contributed by atoms with Crippen molar-refractivity contribution in [3.8, 4) is 0 Å². The van der Waals surface area contributed by atoms with Crippen molar-refractivity contribution in [3.05, 3.63) is 0 Å². The molecule has 1 heterocycles. The Morgan fingerprint density at radius 2 is 1.85 bits per heavy atom. The molecular weight excluding hydrogens is 326 g/mol. The van der Waals surface area contributed by atoms with Crippen LogP contribution < -0.4 is 0 Å². The summed E-state index contributed by atoms with van der Waals surface area (Å²) in [5.74, 6) is 0. The Morgan fingerprint density at radius 1 is 1.20 bits per heavy atom. The Kier molecular flexibility index (Phi) is 5.31. The maximum absolute atomic E-state index is 12.0. The third kappa shape index (κ3) is 5.22. The second kappa shape index (κ2) is 6.62. The van der Waals surface area contributed by atoms with Gasteiger partial charge in [0.15, 0.2) is 0 Å². The fraction of sp³-hybridized carbons (Fsp3) is 0.929. The summed E-state index contributed by atoms with van der Waals surface area (Å²) >= 11 is 3.57. The lowest BCUT2D eigenvalue weighted by molar-refractivity contribution is 0.000721. The average Bonchev–Trinajstić information content (AvgIpc) is 3.06. The van der Waals surface area contributed by atoms with E-state index in [-0.39, 0.29) is 17.0 Å². The van der Waals surface area contributed by atoms with E-state index in [1.165, 1.54) is 12.8 Å². The molecule has 1 aliphatic carbocycles. The number of carbonyl (C=O) groups is 1. The minimum atomic E-state index is -0.462. The molecule has 6 heteroatoms. The normalized spacial score (nSPS) is 26.9. The lowest BCUT2D eigenvalue weighted by atomic mass is 10.2. The first-order valence-electron chi connectivity index (χ1n) is 7.20. The molecule has 0 aromatic rings. The smallest absolute Gasteiger partial charge is 0.410 e. The Balaban J connectivity index is 1.68. The highest BCUT2D eigenvalue weighted by Gasteiger charge is 2.36. The minimum Gasteiger partial charge on any atom is -0.444 e. The van der Waals surface area contributed by atoms with E-state index in [9.17, 15) is 4.79 Å². The summed E-state index contributed by atoms with van der Waals surface area (Å²) in [7, 11) is 0. The van der Waals surface area contributed by atoms with Crippen LogP contribution in [0.15, 0.2) is 0 Å². The molecule has 0 aromatic heterocycles. The maximum atomic E-state index is 12.0. The van der Waals surface area contributed by atoms with Crippen molar-refractivity contribution < 1.29 is 19.0 Å². The first-order valence-corrected chi connectivity index (χ1v) is 8.12. The first kappa shape index (κ1) is 16.0. The zero-order chi connectivity index (χ0) is 14.8. The zero-order valence-corrected chi connectivity index (χ0v) is 14.0. The van der Waals surface area contributed by atoms with E-state index in [4.69, 9.17) is 14.2 Å². The summed E-state index contributed by atoms with van der Waals surface area (Å²) in [5, 5.41) is 0. The van der Waals surface area contributed by atoms with Gasteiger partial charge in [0.1, 0.15) is 5.60 Å². The third-order valence-corrected chi connectivity index (χ3v) is 4.02. The number of likely N-dealkylation sites (tertiary alicyclic amines) is 1. The van der Waals surface area contributed by atoms with Crippen LogP contribution in [-0.2, 0) is 14.2 Å². The Labute approximate surface area is 129 Å². The van der Waals surface area contributed by atoms with Crippen LogP contribution in [-0.4, -0.2) is 59.9 Å². The van der Waals surface area contributed by atoms with Gasteiger partial charge in [-0.25, -0.2) is 4.79 Å². The topological polar surface area (TPSA) is 48.0 Å². The van der Waals surface area contributed by atoms with E-state index >= 15 is 0 Å². The van der Waals surface area contributed by atoms with Gasteiger partial charge in [0.2, 0.25) is 0 Å². The number of halogens is 1. The van der Waals surface area contributed by atoms with Gasteiger partial charge >= 0.3 is 6.09 Å². The predicted molar refractivity (Wildman–Crippen MR) is 79.2 cm³/mol. The Hall–Kier alpha value is -0.330. The van der Waals surface area contributed by atoms with Crippen LogP contribution in [0.4, 0.5) is 4.79 Å². The molecule has 116 valence electrons. The van der Waals surface area contributed by atoms with Crippen LogP contribution in [0.2, 0.25) is 0 Å². The van der Waals surface area contributed by atoms with E-state index in [2.05, 4.69) is 15.9 Å². The van der Waals surface area contributed by atoms with Gasteiger partial charge in [-0.15, -0.1) is 0 Å². The molecule has 2 unspecified atom stereocenters. The molecule has 2 atom stereocenters. The van der Waals surface area contributed by atoms with E-state index in [1.54, 1.807) is 4.90 Å². The van der Waals surface area contributed by atoms with Crippen molar-refractivity contribution in [3.63, 3.8) is 0 Å². The molecule has 2 fully saturated rings. The van der Waals surface area contributed by atoms with Gasteiger partial charge < -0.3 is 19.1 Å². The van der Waals surface area contributed by atoms with Crippen molar-refractivity contribution >= 4 is 22.0 Å². The largest absolute Gasteiger partial charge is 0.444 e. The molecule has 20 heavy (non-hydrogen) atoms. The van der Waals surface area contributed by atoms with E-state index in [0.29, 0.717) is 32.4 Å². The highest BCUT2D eigenvalue weighted by atomic mass is 79.9. The van der Waals surface area contributed by atoms with Crippen molar-refractivity contribution in [2.75, 3.05) is 26.3 Å². The quantitative estimate of drug-likeness (QED) is 0.565. The molecule has 1 aliphatic heterocycles. The fourth-order valence-electron chi connectivity index (χ4n) is 2.02. The number of amides is 1. The standard InChI is InChI=1S/C14H24BrNO4/c1-14(2,3)20-13(17)16-8-11(15)12(9-16)19-7-6-18-10-4-5-10/h10-12H,4-9H2,1-3H3. The number of carbonyl (C=O) groups excluding carboxylic acids is 1. The zero-order valence-electron chi connectivity index (χ0n) is 12.4. The second-order valence-electron chi connectivity index (χ2n) is 6.38. The van der Waals surface area contributed by atoms with Gasteiger partial charge in [-0.1, -0.05) is 15.9 Å². The summed E-state index contributed by atoms with van der Waals surface area (Å²) in [5.41, 5.74) is -0.462. The van der Waals surface area contributed by atoms with Crippen molar-refractivity contribution in [1.29, 1.82) is 0 Å². The molecule has 1 saturated heterocycles. The molecule has 1 saturated carbocycles. The van der Waals surface area contributed by atoms with Crippen LogP contribution in [0.5, 0.6) is 0 Å². The molecular formula is C14H24BrNO4. The van der Waals surface area contributed by atoms with E-state index < -0.39 is 5.60 Å². The van der Waals surface area contributed by atoms with E-state index in [1.807, 2.05) is 20.8 Å². The van der Waals surface area contributed by atoms with Gasteiger partial charge in [0, 0.05) is 6.54 Å². The van der Waals surface area contributed by atoms with Gasteiger partial charge in [0.25, 0.3) is 0 Å². The minimum absolute atomic E-state index is 0.00493. The Bertz CT molecular complexity index is 341. The maximum Gasteiger partial charge on any atom is 0.410 e. The predicted octanol–water partition coefficient (Wildman–Crippen LogP) is 2.56. The Morgan fingerprint density at radius 3 is 2.45 bits per heavy atom. The lowest BCUT2D eigenvalue weighted by Gasteiger charge is -2.24.